The van der Waals surface area contributed by atoms with Crippen molar-refractivity contribution in [3.8, 4) is 0 Å². The Morgan fingerprint density at radius 3 is 2.53 bits per heavy atom. The molecule has 2 atom stereocenters. The lowest BCUT2D eigenvalue weighted by Crippen LogP contribution is -2.15. The third-order valence-electron chi connectivity index (χ3n) is 3.59. The van der Waals surface area contributed by atoms with Crippen LogP contribution >= 0.6 is 0 Å². The summed E-state index contributed by atoms with van der Waals surface area (Å²) in [5.74, 6) is 1.25. The van der Waals surface area contributed by atoms with Crippen LogP contribution < -0.4 is 11.1 Å². The molecule has 2 nitrogen and oxygen atoms in total. The Balaban J connectivity index is 2.89. The van der Waals surface area contributed by atoms with Gasteiger partial charge in [0.25, 0.3) is 0 Å². The molecule has 0 amide bonds. The molecule has 2 unspecified atom stereocenters. The zero-order valence-electron chi connectivity index (χ0n) is 11.4. The summed E-state index contributed by atoms with van der Waals surface area (Å²) < 4.78 is 0. The van der Waals surface area contributed by atoms with Crippen LogP contribution in [0.4, 0.5) is 5.69 Å². The minimum absolute atomic E-state index is 0.568. The molecule has 0 aliphatic rings. The molecule has 1 aromatic rings. The van der Waals surface area contributed by atoms with E-state index < -0.39 is 0 Å². The van der Waals surface area contributed by atoms with E-state index in [1.165, 1.54) is 17.7 Å². The fourth-order valence-electron chi connectivity index (χ4n) is 2.52. The average Bonchev–Trinajstić information content (AvgIpc) is 2.36. The van der Waals surface area contributed by atoms with Crippen molar-refractivity contribution in [1.29, 1.82) is 0 Å². The van der Waals surface area contributed by atoms with Crippen molar-refractivity contribution in [3.63, 3.8) is 0 Å². The third kappa shape index (κ3) is 3.74. The molecule has 0 aliphatic carbocycles. The molecule has 2 heteroatoms. The van der Waals surface area contributed by atoms with Crippen LogP contribution in [-0.2, 0) is 0 Å². The number of nitrogens with one attached hydrogen (secondary N) is 1. The fourth-order valence-corrected chi connectivity index (χ4v) is 2.52. The highest BCUT2D eigenvalue weighted by Gasteiger charge is 2.18. The van der Waals surface area contributed by atoms with E-state index in [1.54, 1.807) is 0 Å². The van der Waals surface area contributed by atoms with E-state index in [0.29, 0.717) is 11.8 Å². The maximum atomic E-state index is 5.70. The molecule has 0 bridgehead atoms. The van der Waals surface area contributed by atoms with Gasteiger partial charge in [0.1, 0.15) is 0 Å². The molecule has 96 valence electrons. The highest BCUT2D eigenvalue weighted by Crippen LogP contribution is 2.33. The molecule has 0 aliphatic heterocycles. The largest absolute Gasteiger partial charge is 0.385 e. The Hall–Kier alpha value is -1.02. The molecular weight excluding hydrogens is 208 g/mol. The van der Waals surface area contributed by atoms with Gasteiger partial charge in [-0.25, -0.2) is 0 Å². The van der Waals surface area contributed by atoms with Gasteiger partial charge in [-0.3, -0.25) is 0 Å². The van der Waals surface area contributed by atoms with Gasteiger partial charge in [-0.1, -0.05) is 38.5 Å². The van der Waals surface area contributed by atoms with E-state index in [2.05, 4.69) is 50.4 Å². The third-order valence-corrected chi connectivity index (χ3v) is 3.59. The molecule has 0 saturated heterocycles. The van der Waals surface area contributed by atoms with Gasteiger partial charge < -0.3 is 11.1 Å². The molecule has 1 aromatic carbocycles. The van der Waals surface area contributed by atoms with E-state index in [0.717, 1.165) is 19.5 Å². The number of hydrogen-bond acceptors (Lipinski definition) is 2. The van der Waals surface area contributed by atoms with E-state index in [1.807, 2.05) is 0 Å². The van der Waals surface area contributed by atoms with E-state index in [4.69, 9.17) is 5.73 Å². The number of anilines is 1. The van der Waals surface area contributed by atoms with Crippen molar-refractivity contribution in [2.24, 2.45) is 11.7 Å². The minimum atomic E-state index is 0.568. The van der Waals surface area contributed by atoms with Crippen molar-refractivity contribution in [1.82, 2.24) is 0 Å². The van der Waals surface area contributed by atoms with Crippen LogP contribution in [0.1, 0.15) is 45.1 Å². The first-order valence-corrected chi connectivity index (χ1v) is 6.77. The molecule has 3 N–H and O–H groups in total. The zero-order chi connectivity index (χ0) is 12.7. The van der Waals surface area contributed by atoms with Gasteiger partial charge >= 0.3 is 0 Å². The van der Waals surface area contributed by atoms with Gasteiger partial charge in [-0.05, 0) is 43.4 Å². The van der Waals surface area contributed by atoms with Crippen molar-refractivity contribution in [2.45, 2.75) is 39.5 Å². The van der Waals surface area contributed by atoms with Crippen LogP contribution in [0.15, 0.2) is 24.3 Å². The SMILES string of the molecule is CCNc1ccccc1C(C)C(CC)CCN. The topological polar surface area (TPSA) is 38.0 Å². The predicted molar refractivity (Wildman–Crippen MR) is 76.5 cm³/mol. The van der Waals surface area contributed by atoms with Crippen LogP contribution in [0, 0.1) is 5.92 Å². The van der Waals surface area contributed by atoms with Crippen LogP contribution in [0.2, 0.25) is 0 Å². The summed E-state index contributed by atoms with van der Waals surface area (Å²) in [6.45, 7) is 8.47. The molecule has 0 heterocycles. The molecule has 0 fully saturated rings. The second-order valence-corrected chi connectivity index (χ2v) is 4.65. The average molecular weight is 234 g/mol. The van der Waals surface area contributed by atoms with Crippen molar-refractivity contribution >= 4 is 5.69 Å². The summed E-state index contributed by atoms with van der Waals surface area (Å²) >= 11 is 0. The number of nitrogens with two attached hydrogens (primary N) is 1. The zero-order valence-corrected chi connectivity index (χ0v) is 11.4. The first-order valence-electron chi connectivity index (χ1n) is 6.77. The lowest BCUT2D eigenvalue weighted by Gasteiger charge is -2.25. The maximum absolute atomic E-state index is 5.70. The summed E-state index contributed by atoms with van der Waals surface area (Å²) in [5, 5.41) is 3.45. The quantitative estimate of drug-likeness (QED) is 0.756. The van der Waals surface area contributed by atoms with Gasteiger partial charge in [0.2, 0.25) is 0 Å². The lowest BCUT2D eigenvalue weighted by atomic mass is 9.83. The summed E-state index contributed by atoms with van der Waals surface area (Å²) in [4.78, 5) is 0. The van der Waals surface area contributed by atoms with Crippen molar-refractivity contribution in [3.05, 3.63) is 29.8 Å². The number of benzene rings is 1. The summed E-state index contributed by atoms with van der Waals surface area (Å²) in [6.07, 6.45) is 2.30. The summed E-state index contributed by atoms with van der Waals surface area (Å²) in [7, 11) is 0. The Labute approximate surface area is 106 Å². The molecular formula is C15H26N2. The molecule has 17 heavy (non-hydrogen) atoms. The van der Waals surface area contributed by atoms with Gasteiger partial charge in [0.15, 0.2) is 0 Å². The Morgan fingerprint density at radius 1 is 1.24 bits per heavy atom. The molecule has 0 aromatic heterocycles. The number of para-hydroxylation sites is 1. The molecule has 0 spiro atoms. The maximum Gasteiger partial charge on any atom is 0.0375 e. The Kier molecular flexibility index (Phi) is 6.06. The van der Waals surface area contributed by atoms with Gasteiger partial charge in [-0.2, -0.15) is 0 Å². The van der Waals surface area contributed by atoms with Gasteiger partial charge in [-0.15, -0.1) is 0 Å². The van der Waals surface area contributed by atoms with Crippen molar-refractivity contribution < 1.29 is 0 Å². The first-order chi connectivity index (χ1) is 8.24. The van der Waals surface area contributed by atoms with E-state index in [-0.39, 0.29) is 0 Å². The van der Waals surface area contributed by atoms with Crippen LogP contribution in [-0.4, -0.2) is 13.1 Å². The molecule has 0 saturated carbocycles. The van der Waals surface area contributed by atoms with Crippen molar-refractivity contribution in [2.75, 3.05) is 18.4 Å². The number of hydrogen-bond donors (Lipinski definition) is 2. The summed E-state index contributed by atoms with van der Waals surface area (Å²) in [6, 6.07) is 8.63. The monoisotopic (exact) mass is 234 g/mol. The van der Waals surface area contributed by atoms with E-state index in [9.17, 15) is 0 Å². The van der Waals surface area contributed by atoms with Crippen LogP contribution in [0.5, 0.6) is 0 Å². The highest BCUT2D eigenvalue weighted by molar-refractivity contribution is 5.52. The van der Waals surface area contributed by atoms with Gasteiger partial charge in [0.05, 0.1) is 0 Å². The lowest BCUT2D eigenvalue weighted by molar-refractivity contribution is 0.408. The second-order valence-electron chi connectivity index (χ2n) is 4.65. The normalized spacial score (nSPS) is 14.4. The standard InChI is InChI=1S/C15H26N2/c1-4-13(10-11-16)12(3)14-8-6-7-9-15(14)17-5-2/h6-9,12-13,17H,4-5,10-11,16H2,1-3H3. The summed E-state index contributed by atoms with van der Waals surface area (Å²) in [5.41, 5.74) is 8.40. The highest BCUT2D eigenvalue weighted by atomic mass is 14.9. The predicted octanol–water partition coefficient (Wildman–Crippen LogP) is 3.60. The Morgan fingerprint density at radius 2 is 1.94 bits per heavy atom. The number of rotatable bonds is 7. The fraction of sp³-hybridized carbons (Fsp3) is 0.600. The smallest absolute Gasteiger partial charge is 0.0375 e. The first kappa shape index (κ1) is 14.0. The Bertz CT molecular complexity index is 322. The van der Waals surface area contributed by atoms with Crippen LogP contribution in [0.25, 0.3) is 0 Å². The molecule has 0 radical (unpaired) electrons. The minimum Gasteiger partial charge on any atom is -0.385 e. The van der Waals surface area contributed by atoms with Gasteiger partial charge in [0, 0.05) is 12.2 Å². The van der Waals surface area contributed by atoms with E-state index >= 15 is 0 Å². The second kappa shape index (κ2) is 7.33. The van der Waals surface area contributed by atoms with Crippen LogP contribution in [0.3, 0.4) is 0 Å². The molecule has 1 rings (SSSR count).